The maximum Gasteiger partial charge on any atom is 0.139 e. The standard InChI is InChI=1S/C15H24O/c1-4-5-6-9-14(16)15(12-13(2)3)10-7-8-11-15/h1,13H,5-12H2,2-3H3. The Morgan fingerprint density at radius 3 is 2.50 bits per heavy atom. The highest BCUT2D eigenvalue weighted by Gasteiger charge is 2.40. The number of unbranched alkanes of at least 4 members (excludes halogenated alkanes) is 1. The lowest BCUT2D eigenvalue weighted by atomic mass is 9.74. The second-order valence-corrected chi connectivity index (χ2v) is 5.57. The van der Waals surface area contributed by atoms with Gasteiger partial charge in [0.05, 0.1) is 0 Å². The molecule has 0 N–H and O–H groups in total. The van der Waals surface area contributed by atoms with E-state index in [0.717, 1.165) is 32.1 Å². The summed E-state index contributed by atoms with van der Waals surface area (Å²) in [6.07, 6.45) is 13.3. The van der Waals surface area contributed by atoms with E-state index in [1.54, 1.807) is 0 Å². The Bertz CT molecular complexity index is 264. The van der Waals surface area contributed by atoms with Gasteiger partial charge in [0.15, 0.2) is 0 Å². The second kappa shape index (κ2) is 6.09. The summed E-state index contributed by atoms with van der Waals surface area (Å²) in [5.74, 6) is 3.72. The van der Waals surface area contributed by atoms with Gasteiger partial charge in [-0.1, -0.05) is 26.7 Å². The molecule has 0 saturated heterocycles. The number of ketones is 1. The molecule has 0 amide bonds. The van der Waals surface area contributed by atoms with E-state index in [1.807, 2.05) is 0 Å². The van der Waals surface area contributed by atoms with Crippen molar-refractivity contribution in [1.82, 2.24) is 0 Å². The molecule has 0 aromatic carbocycles. The molecule has 0 atom stereocenters. The van der Waals surface area contributed by atoms with E-state index >= 15 is 0 Å². The van der Waals surface area contributed by atoms with Gasteiger partial charge in [0, 0.05) is 18.3 Å². The van der Waals surface area contributed by atoms with Crippen molar-refractivity contribution < 1.29 is 4.79 Å². The SMILES string of the molecule is C#CCCCC(=O)C1(CC(C)C)CCCC1. The maximum atomic E-state index is 12.3. The van der Waals surface area contributed by atoms with Gasteiger partial charge in [0.2, 0.25) is 0 Å². The average Bonchev–Trinajstić information content (AvgIpc) is 2.67. The van der Waals surface area contributed by atoms with Crippen LogP contribution < -0.4 is 0 Å². The predicted molar refractivity (Wildman–Crippen MR) is 68.0 cm³/mol. The zero-order valence-corrected chi connectivity index (χ0v) is 10.7. The fourth-order valence-corrected chi connectivity index (χ4v) is 3.05. The Morgan fingerprint density at radius 1 is 1.38 bits per heavy atom. The highest BCUT2D eigenvalue weighted by atomic mass is 16.1. The number of hydrogen-bond acceptors (Lipinski definition) is 1. The van der Waals surface area contributed by atoms with Gasteiger partial charge >= 0.3 is 0 Å². The lowest BCUT2D eigenvalue weighted by Crippen LogP contribution is -2.29. The quantitative estimate of drug-likeness (QED) is 0.489. The summed E-state index contributed by atoms with van der Waals surface area (Å²) in [6, 6.07) is 0. The smallest absolute Gasteiger partial charge is 0.139 e. The Kier molecular flexibility index (Phi) is 5.06. The summed E-state index contributed by atoms with van der Waals surface area (Å²) < 4.78 is 0. The number of hydrogen-bond donors (Lipinski definition) is 0. The van der Waals surface area contributed by atoms with Crippen LogP contribution in [0.3, 0.4) is 0 Å². The first-order valence-electron chi connectivity index (χ1n) is 6.57. The van der Waals surface area contributed by atoms with Crippen molar-refractivity contribution in [3.05, 3.63) is 0 Å². The van der Waals surface area contributed by atoms with Gasteiger partial charge in [-0.25, -0.2) is 0 Å². The molecule has 1 fully saturated rings. The van der Waals surface area contributed by atoms with E-state index in [-0.39, 0.29) is 5.41 Å². The molecule has 1 nitrogen and oxygen atoms in total. The summed E-state index contributed by atoms with van der Waals surface area (Å²) in [7, 11) is 0. The molecule has 1 aliphatic carbocycles. The van der Waals surface area contributed by atoms with Crippen LogP contribution in [0.5, 0.6) is 0 Å². The van der Waals surface area contributed by atoms with E-state index in [1.165, 1.54) is 12.8 Å². The Morgan fingerprint density at radius 2 is 2.00 bits per heavy atom. The normalized spacial score (nSPS) is 18.6. The molecule has 16 heavy (non-hydrogen) atoms. The molecule has 0 radical (unpaired) electrons. The molecule has 0 unspecified atom stereocenters. The zero-order valence-electron chi connectivity index (χ0n) is 10.7. The maximum absolute atomic E-state index is 12.3. The average molecular weight is 220 g/mol. The first-order valence-corrected chi connectivity index (χ1v) is 6.57. The van der Waals surface area contributed by atoms with Crippen LogP contribution in [0.15, 0.2) is 0 Å². The monoisotopic (exact) mass is 220 g/mol. The van der Waals surface area contributed by atoms with Crippen LogP contribution in [0.1, 0.15) is 65.2 Å². The molecular formula is C15H24O. The van der Waals surface area contributed by atoms with Gasteiger partial charge < -0.3 is 0 Å². The van der Waals surface area contributed by atoms with Crippen LogP contribution in [0, 0.1) is 23.7 Å². The van der Waals surface area contributed by atoms with Gasteiger partial charge in [-0.05, 0) is 31.6 Å². The minimum absolute atomic E-state index is 0.0166. The van der Waals surface area contributed by atoms with Crippen molar-refractivity contribution >= 4 is 5.78 Å². The van der Waals surface area contributed by atoms with Crippen LogP contribution in [-0.2, 0) is 4.79 Å². The third-order valence-corrected chi connectivity index (χ3v) is 3.68. The van der Waals surface area contributed by atoms with Gasteiger partial charge in [0.1, 0.15) is 5.78 Å². The third-order valence-electron chi connectivity index (χ3n) is 3.68. The Hall–Kier alpha value is -0.770. The van der Waals surface area contributed by atoms with Crippen LogP contribution in [-0.4, -0.2) is 5.78 Å². The lowest BCUT2D eigenvalue weighted by Gasteiger charge is -2.29. The first-order chi connectivity index (χ1) is 7.60. The zero-order chi connectivity index (χ0) is 12.0. The number of carbonyl (C=O) groups is 1. The number of Topliss-reactive ketones (excluding diaryl/α,β-unsaturated/α-hetero) is 1. The first kappa shape index (κ1) is 13.3. The van der Waals surface area contributed by atoms with Crippen LogP contribution in [0.4, 0.5) is 0 Å². The molecule has 1 saturated carbocycles. The summed E-state index contributed by atoms with van der Waals surface area (Å²) in [5, 5.41) is 0. The lowest BCUT2D eigenvalue weighted by molar-refractivity contribution is -0.129. The molecule has 0 heterocycles. The Balaban J connectivity index is 2.55. The molecule has 1 aliphatic rings. The summed E-state index contributed by atoms with van der Waals surface area (Å²) in [5.41, 5.74) is 0.0166. The van der Waals surface area contributed by atoms with Crippen molar-refractivity contribution in [2.45, 2.75) is 65.2 Å². The molecular weight excluding hydrogens is 196 g/mol. The third kappa shape index (κ3) is 3.37. The molecule has 0 aromatic heterocycles. The van der Waals surface area contributed by atoms with E-state index < -0.39 is 0 Å². The molecule has 1 rings (SSSR count). The summed E-state index contributed by atoms with van der Waals surface area (Å²) in [6.45, 7) is 4.43. The minimum Gasteiger partial charge on any atom is -0.299 e. The van der Waals surface area contributed by atoms with Crippen molar-refractivity contribution in [2.75, 3.05) is 0 Å². The van der Waals surface area contributed by atoms with E-state index in [2.05, 4.69) is 19.8 Å². The molecule has 0 aromatic rings. The number of rotatable bonds is 6. The van der Waals surface area contributed by atoms with Crippen LogP contribution in [0.2, 0.25) is 0 Å². The van der Waals surface area contributed by atoms with Crippen molar-refractivity contribution in [3.8, 4) is 12.3 Å². The van der Waals surface area contributed by atoms with Crippen molar-refractivity contribution in [1.29, 1.82) is 0 Å². The van der Waals surface area contributed by atoms with Crippen molar-refractivity contribution in [3.63, 3.8) is 0 Å². The van der Waals surface area contributed by atoms with Crippen LogP contribution >= 0.6 is 0 Å². The molecule has 1 heteroatoms. The molecule has 0 bridgehead atoms. The topological polar surface area (TPSA) is 17.1 Å². The van der Waals surface area contributed by atoms with Gasteiger partial charge in [-0.2, -0.15) is 0 Å². The number of carbonyl (C=O) groups excluding carboxylic acids is 1. The minimum atomic E-state index is 0.0166. The molecule has 0 spiro atoms. The predicted octanol–water partition coefficient (Wildman–Crippen LogP) is 3.97. The van der Waals surface area contributed by atoms with E-state index in [0.29, 0.717) is 18.1 Å². The molecule has 90 valence electrons. The highest BCUT2D eigenvalue weighted by Crippen LogP contribution is 2.44. The second-order valence-electron chi connectivity index (χ2n) is 5.57. The highest BCUT2D eigenvalue weighted by molar-refractivity contribution is 5.85. The fraction of sp³-hybridized carbons (Fsp3) is 0.800. The largest absolute Gasteiger partial charge is 0.299 e. The summed E-state index contributed by atoms with van der Waals surface area (Å²) >= 11 is 0. The van der Waals surface area contributed by atoms with E-state index in [4.69, 9.17) is 6.42 Å². The summed E-state index contributed by atoms with van der Waals surface area (Å²) in [4.78, 5) is 12.3. The number of terminal acetylenes is 1. The fourth-order valence-electron chi connectivity index (χ4n) is 3.05. The van der Waals surface area contributed by atoms with E-state index in [9.17, 15) is 4.79 Å². The molecule has 0 aliphatic heterocycles. The van der Waals surface area contributed by atoms with Gasteiger partial charge in [-0.15, -0.1) is 12.3 Å². The van der Waals surface area contributed by atoms with Gasteiger partial charge in [-0.3, -0.25) is 4.79 Å². The Labute approximate surface area is 100 Å². The van der Waals surface area contributed by atoms with Gasteiger partial charge in [0.25, 0.3) is 0 Å². The van der Waals surface area contributed by atoms with Crippen LogP contribution in [0.25, 0.3) is 0 Å². The van der Waals surface area contributed by atoms with Crippen molar-refractivity contribution in [2.24, 2.45) is 11.3 Å².